The first-order valence-corrected chi connectivity index (χ1v) is 9.39. The van der Waals surface area contributed by atoms with Crippen molar-refractivity contribution in [3.63, 3.8) is 0 Å². The number of hydrogen-bond donors (Lipinski definition) is 2. The van der Waals surface area contributed by atoms with E-state index in [1.807, 2.05) is 6.07 Å². The van der Waals surface area contributed by atoms with Crippen molar-refractivity contribution in [3.8, 4) is 0 Å². The fraction of sp³-hybridized carbons (Fsp3) is 0.211. The van der Waals surface area contributed by atoms with Crippen molar-refractivity contribution in [3.05, 3.63) is 63.1 Å². The predicted molar refractivity (Wildman–Crippen MR) is 105 cm³/mol. The molecule has 2 N–H and O–H groups in total. The molecule has 27 heavy (non-hydrogen) atoms. The Morgan fingerprint density at radius 1 is 1.19 bits per heavy atom. The molecule has 0 aromatic heterocycles. The molecule has 2 aromatic carbocycles. The highest BCUT2D eigenvalue weighted by Gasteiger charge is 2.34. The van der Waals surface area contributed by atoms with E-state index >= 15 is 0 Å². The van der Waals surface area contributed by atoms with Gasteiger partial charge >= 0.3 is 5.97 Å². The number of aliphatic carboxylic acids is 1. The molecule has 8 heteroatoms. The van der Waals surface area contributed by atoms with E-state index in [2.05, 4.69) is 21.2 Å². The maximum atomic E-state index is 12.8. The van der Waals surface area contributed by atoms with Gasteiger partial charge < -0.3 is 15.3 Å². The quantitative estimate of drug-likeness (QED) is 0.739. The van der Waals surface area contributed by atoms with Crippen LogP contribution in [0.3, 0.4) is 0 Å². The van der Waals surface area contributed by atoms with E-state index in [1.54, 1.807) is 36.4 Å². The number of hydrogen-bond acceptors (Lipinski definition) is 3. The van der Waals surface area contributed by atoms with Gasteiger partial charge in [0.1, 0.15) is 6.54 Å². The van der Waals surface area contributed by atoms with Gasteiger partial charge in [-0.1, -0.05) is 45.7 Å². The molecule has 1 atom stereocenters. The fourth-order valence-corrected chi connectivity index (χ4v) is 3.72. The highest BCUT2D eigenvalue weighted by Crippen LogP contribution is 2.40. The lowest BCUT2D eigenvalue weighted by Crippen LogP contribution is -2.39. The predicted octanol–water partition coefficient (Wildman–Crippen LogP) is 3.84. The molecule has 2 amide bonds. The minimum atomic E-state index is -1.07. The van der Waals surface area contributed by atoms with Gasteiger partial charge in [-0.05, 0) is 29.8 Å². The summed E-state index contributed by atoms with van der Waals surface area (Å²) in [5.41, 5.74) is 1.95. The van der Waals surface area contributed by atoms with Crippen molar-refractivity contribution >= 4 is 51.0 Å². The van der Waals surface area contributed by atoms with Gasteiger partial charge in [0, 0.05) is 27.2 Å². The van der Waals surface area contributed by atoms with E-state index in [1.165, 1.54) is 4.90 Å². The van der Waals surface area contributed by atoms with E-state index in [-0.39, 0.29) is 25.3 Å². The van der Waals surface area contributed by atoms with Gasteiger partial charge in [0.15, 0.2) is 0 Å². The minimum absolute atomic E-state index is 0.194. The summed E-state index contributed by atoms with van der Waals surface area (Å²) in [7, 11) is 0. The molecule has 1 aliphatic rings. The number of halogens is 2. The molecule has 1 aliphatic heterocycles. The lowest BCUT2D eigenvalue weighted by molar-refractivity contribution is -0.142. The highest BCUT2D eigenvalue weighted by molar-refractivity contribution is 9.10. The zero-order valence-corrected chi connectivity index (χ0v) is 16.5. The van der Waals surface area contributed by atoms with Crippen LogP contribution in [0.2, 0.25) is 5.02 Å². The molecular formula is C19H16BrClN2O4. The van der Waals surface area contributed by atoms with Crippen LogP contribution in [0.25, 0.3) is 0 Å². The molecule has 0 spiro atoms. The van der Waals surface area contributed by atoms with E-state index in [0.717, 1.165) is 4.47 Å². The van der Waals surface area contributed by atoms with Gasteiger partial charge in [-0.25, -0.2) is 0 Å². The van der Waals surface area contributed by atoms with E-state index in [0.29, 0.717) is 21.8 Å². The highest BCUT2D eigenvalue weighted by atomic mass is 79.9. The van der Waals surface area contributed by atoms with Crippen LogP contribution in [-0.4, -0.2) is 34.3 Å². The molecule has 0 bridgehead atoms. The molecule has 1 unspecified atom stereocenters. The monoisotopic (exact) mass is 450 g/mol. The first-order chi connectivity index (χ1) is 12.9. The molecule has 6 nitrogen and oxygen atoms in total. The lowest BCUT2D eigenvalue weighted by atomic mass is 9.95. The maximum Gasteiger partial charge on any atom is 0.303 e. The Morgan fingerprint density at radius 2 is 1.93 bits per heavy atom. The van der Waals surface area contributed by atoms with Crippen LogP contribution in [0, 0.1) is 0 Å². The van der Waals surface area contributed by atoms with Crippen LogP contribution in [-0.2, 0) is 14.4 Å². The molecule has 0 radical (unpaired) electrons. The molecule has 3 rings (SSSR count). The van der Waals surface area contributed by atoms with Crippen molar-refractivity contribution in [1.29, 1.82) is 0 Å². The normalized spacial score (nSPS) is 16.3. The summed E-state index contributed by atoms with van der Waals surface area (Å²) in [4.78, 5) is 37.5. The Bertz CT molecular complexity index is 918. The molecule has 0 saturated carbocycles. The van der Waals surface area contributed by atoms with Crippen molar-refractivity contribution in [2.75, 3.05) is 11.9 Å². The standard InChI is InChI=1S/C19H16BrClN2O4/c20-11-5-6-15-13(9-11)19(12-3-1-2-4-14(12)21)23(10-16(24)22-15)17(25)7-8-18(26)27/h1-6,9,19H,7-8,10H2,(H,22,24)(H,26,27). The number of rotatable bonds is 4. The zero-order valence-electron chi connectivity index (χ0n) is 14.1. The average Bonchev–Trinajstić information content (AvgIpc) is 2.76. The number of carboxylic acid groups (broad SMARTS) is 1. The smallest absolute Gasteiger partial charge is 0.303 e. The Morgan fingerprint density at radius 3 is 2.63 bits per heavy atom. The summed E-state index contributed by atoms with van der Waals surface area (Å²) in [6.07, 6.45) is -0.509. The van der Waals surface area contributed by atoms with Gasteiger partial charge in [-0.3, -0.25) is 14.4 Å². The van der Waals surface area contributed by atoms with Gasteiger partial charge in [-0.15, -0.1) is 0 Å². The van der Waals surface area contributed by atoms with Gasteiger partial charge in [0.25, 0.3) is 0 Å². The first-order valence-electron chi connectivity index (χ1n) is 8.22. The Kier molecular flexibility index (Phi) is 5.82. The van der Waals surface area contributed by atoms with Crippen molar-refractivity contribution < 1.29 is 19.5 Å². The molecule has 1 heterocycles. The average molecular weight is 452 g/mol. The van der Waals surface area contributed by atoms with Crippen LogP contribution < -0.4 is 5.32 Å². The van der Waals surface area contributed by atoms with Crippen LogP contribution in [0.4, 0.5) is 5.69 Å². The van der Waals surface area contributed by atoms with Crippen LogP contribution in [0.1, 0.15) is 30.0 Å². The van der Waals surface area contributed by atoms with Crippen molar-refractivity contribution in [2.45, 2.75) is 18.9 Å². The van der Waals surface area contributed by atoms with E-state index < -0.39 is 17.9 Å². The molecule has 0 fully saturated rings. The molecular weight excluding hydrogens is 436 g/mol. The summed E-state index contributed by atoms with van der Waals surface area (Å²) in [5.74, 6) is -1.85. The number of nitrogens with one attached hydrogen (secondary N) is 1. The summed E-state index contributed by atoms with van der Waals surface area (Å²) in [5, 5.41) is 12.2. The van der Waals surface area contributed by atoms with E-state index in [4.69, 9.17) is 16.7 Å². The SMILES string of the molecule is O=C(O)CCC(=O)N1CC(=O)Nc2ccc(Br)cc2C1c1ccccc1Cl. The zero-order chi connectivity index (χ0) is 19.6. The van der Waals surface area contributed by atoms with Gasteiger partial charge in [-0.2, -0.15) is 0 Å². The fourth-order valence-electron chi connectivity index (χ4n) is 3.10. The number of nitrogens with zero attached hydrogens (tertiary/aromatic N) is 1. The third-order valence-corrected chi connectivity index (χ3v) is 5.12. The first kappa shape index (κ1) is 19.4. The number of carbonyl (C=O) groups is 3. The number of anilines is 1. The second-order valence-corrected chi connectivity index (χ2v) is 7.44. The topological polar surface area (TPSA) is 86.7 Å². The molecule has 0 saturated heterocycles. The Labute approximate surface area is 169 Å². The lowest BCUT2D eigenvalue weighted by Gasteiger charge is -2.31. The molecule has 140 valence electrons. The summed E-state index contributed by atoms with van der Waals surface area (Å²) >= 11 is 9.83. The third-order valence-electron chi connectivity index (χ3n) is 4.28. The molecule has 0 aliphatic carbocycles. The summed E-state index contributed by atoms with van der Waals surface area (Å²) in [6, 6.07) is 11.9. The number of carbonyl (C=O) groups excluding carboxylic acids is 2. The van der Waals surface area contributed by atoms with Crippen LogP contribution >= 0.6 is 27.5 Å². The number of carboxylic acids is 1. The third kappa shape index (κ3) is 4.31. The van der Waals surface area contributed by atoms with Crippen molar-refractivity contribution in [2.24, 2.45) is 0 Å². The second-order valence-electron chi connectivity index (χ2n) is 6.12. The summed E-state index contributed by atoms with van der Waals surface area (Å²) < 4.78 is 0.785. The maximum absolute atomic E-state index is 12.8. The number of benzene rings is 2. The number of fused-ring (bicyclic) bond motifs is 1. The second kappa shape index (κ2) is 8.10. The Hall–Kier alpha value is -2.38. The van der Waals surface area contributed by atoms with Crippen LogP contribution in [0.5, 0.6) is 0 Å². The largest absolute Gasteiger partial charge is 0.481 e. The minimum Gasteiger partial charge on any atom is -0.481 e. The summed E-state index contributed by atoms with van der Waals surface area (Å²) in [6.45, 7) is -0.194. The molecule has 2 aromatic rings. The van der Waals surface area contributed by atoms with Crippen molar-refractivity contribution in [1.82, 2.24) is 4.90 Å². The van der Waals surface area contributed by atoms with E-state index in [9.17, 15) is 14.4 Å². The van der Waals surface area contributed by atoms with Gasteiger partial charge in [0.2, 0.25) is 11.8 Å². The van der Waals surface area contributed by atoms with Crippen LogP contribution in [0.15, 0.2) is 46.9 Å². The van der Waals surface area contributed by atoms with Gasteiger partial charge in [0.05, 0.1) is 12.5 Å². The Balaban J connectivity index is 2.14. The number of amides is 2.